The van der Waals surface area contributed by atoms with Crippen LogP contribution in [0.5, 0.6) is 0 Å². The van der Waals surface area contributed by atoms with E-state index in [-0.39, 0.29) is 22.9 Å². The van der Waals surface area contributed by atoms with Gasteiger partial charge in [-0.2, -0.15) is 4.31 Å². The SMILES string of the molecule is C[C@H]([NH2+][C@H](C)c1ccccc1)C(=O)Nc1cccc(S(=O)(=O)N2CCOCC2)c1. The van der Waals surface area contributed by atoms with Crippen molar-refractivity contribution < 1.29 is 23.3 Å². The lowest BCUT2D eigenvalue weighted by atomic mass is 10.1. The Kier molecular flexibility index (Phi) is 7.02. The Balaban J connectivity index is 1.65. The van der Waals surface area contributed by atoms with Gasteiger partial charge in [0, 0.05) is 24.3 Å². The molecule has 2 aromatic carbocycles. The van der Waals surface area contributed by atoms with E-state index in [0.717, 1.165) is 5.56 Å². The summed E-state index contributed by atoms with van der Waals surface area (Å²) in [5.74, 6) is -0.172. The van der Waals surface area contributed by atoms with Crippen LogP contribution in [0.3, 0.4) is 0 Å². The van der Waals surface area contributed by atoms with Crippen LogP contribution >= 0.6 is 0 Å². The molecule has 1 amide bonds. The lowest BCUT2D eigenvalue weighted by Crippen LogP contribution is -2.91. The molecule has 7 nitrogen and oxygen atoms in total. The van der Waals surface area contributed by atoms with Crippen molar-refractivity contribution in [3.05, 3.63) is 60.2 Å². The number of hydrogen-bond acceptors (Lipinski definition) is 4. The van der Waals surface area contributed by atoms with Crippen LogP contribution in [-0.4, -0.2) is 51.0 Å². The summed E-state index contributed by atoms with van der Waals surface area (Å²) in [5.41, 5.74) is 1.61. The van der Waals surface area contributed by atoms with Crippen molar-refractivity contribution in [2.75, 3.05) is 31.6 Å². The first-order chi connectivity index (χ1) is 13.9. The number of nitrogens with zero attached hydrogens (tertiary/aromatic N) is 1. The molecule has 156 valence electrons. The lowest BCUT2D eigenvalue weighted by molar-refractivity contribution is -0.709. The third kappa shape index (κ3) is 5.42. The molecule has 0 unspecified atom stereocenters. The number of nitrogens with one attached hydrogen (secondary N) is 1. The van der Waals surface area contributed by atoms with Crippen molar-refractivity contribution in [2.24, 2.45) is 0 Å². The summed E-state index contributed by atoms with van der Waals surface area (Å²) >= 11 is 0. The van der Waals surface area contributed by atoms with E-state index in [1.54, 1.807) is 18.2 Å². The van der Waals surface area contributed by atoms with Crippen molar-refractivity contribution >= 4 is 21.6 Å². The zero-order valence-corrected chi connectivity index (χ0v) is 17.6. The van der Waals surface area contributed by atoms with Crippen LogP contribution in [0.15, 0.2) is 59.5 Å². The van der Waals surface area contributed by atoms with Crippen LogP contribution in [0.25, 0.3) is 0 Å². The molecule has 0 bridgehead atoms. The monoisotopic (exact) mass is 418 g/mol. The van der Waals surface area contributed by atoms with Crippen LogP contribution in [-0.2, 0) is 19.6 Å². The Hall–Kier alpha value is -2.26. The van der Waals surface area contributed by atoms with E-state index in [0.29, 0.717) is 32.0 Å². The number of ether oxygens (including phenoxy) is 1. The highest BCUT2D eigenvalue weighted by Crippen LogP contribution is 2.20. The third-order valence-electron chi connectivity index (χ3n) is 5.03. The predicted octanol–water partition coefficient (Wildman–Crippen LogP) is 1.36. The molecule has 2 atom stereocenters. The highest BCUT2D eigenvalue weighted by Gasteiger charge is 2.27. The van der Waals surface area contributed by atoms with Crippen molar-refractivity contribution in [3.8, 4) is 0 Å². The van der Waals surface area contributed by atoms with E-state index in [9.17, 15) is 13.2 Å². The minimum Gasteiger partial charge on any atom is -0.379 e. The molecule has 0 saturated carbocycles. The van der Waals surface area contributed by atoms with E-state index in [1.807, 2.05) is 42.6 Å². The molecular formula is C21H28N3O4S+. The number of nitrogens with two attached hydrogens (primary N) is 1. The number of rotatable bonds is 7. The highest BCUT2D eigenvalue weighted by molar-refractivity contribution is 7.89. The number of sulfonamides is 1. The molecular weight excluding hydrogens is 390 g/mol. The van der Waals surface area contributed by atoms with E-state index in [4.69, 9.17) is 4.74 Å². The van der Waals surface area contributed by atoms with Crippen molar-refractivity contribution in [1.29, 1.82) is 0 Å². The van der Waals surface area contributed by atoms with E-state index < -0.39 is 10.0 Å². The zero-order valence-electron chi connectivity index (χ0n) is 16.7. The molecule has 8 heteroatoms. The van der Waals surface area contributed by atoms with Gasteiger partial charge in [0.15, 0.2) is 6.04 Å². The second kappa shape index (κ2) is 9.49. The van der Waals surface area contributed by atoms with Crippen LogP contribution in [0.1, 0.15) is 25.5 Å². The number of carbonyl (C=O) groups excluding carboxylic acids is 1. The van der Waals surface area contributed by atoms with Gasteiger partial charge in [-0.1, -0.05) is 36.4 Å². The Morgan fingerprint density at radius 2 is 1.76 bits per heavy atom. The number of quaternary nitrogens is 1. The van der Waals surface area contributed by atoms with Gasteiger partial charge in [0.2, 0.25) is 10.0 Å². The summed E-state index contributed by atoms with van der Waals surface area (Å²) in [6.45, 7) is 5.34. The summed E-state index contributed by atoms with van der Waals surface area (Å²) < 4.78 is 32.3. The molecule has 0 spiro atoms. The standard InChI is InChI=1S/C21H27N3O4S/c1-16(18-7-4-3-5-8-18)22-17(2)21(25)23-19-9-6-10-20(15-19)29(26,27)24-11-13-28-14-12-24/h3-10,15-17,22H,11-14H2,1-2H3,(H,23,25)/p+1/t16-,17+/m1/s1. The molecule has 1 aliphatic rings. The molecule has 0 radical (unpaired) electrons. The first-order valence-electron chi connectivity index (χ1n) is 9.76. The van der Waals surface area contributed by atoms with Gasteiger partial charge >= 0.3 is 0 Å². The average Bonchev–Trinajstić information content (AvgIpc) is 2.75. The Labute approximate surface area is 172 Å². The maximum atomic E-state index is 12.8. The van der Waals surface area contributed by atoms with Gasteiger partial charge in [0.05, 0.1) is 18.1 Å². The first kappa shape index (κ1) is 21.4. The summed E-state index contributed by atoms with van der Waals surface area (Å²) in [6.07, 6.45) is 0. The smallest absolute Gasteiger partial charge is 0.282 e. The molecule has 1 saturated heterocycles. The minimum atomic E-state index is -3.60. The normalized spacial score (nSPS) is 17.4. The fourth-order valence-corrected chi connectivity index (χ4v) is 4.77. The van der Waals surface area contributed by atoms with Gasteiger partial charge in [0.1, 0.15) is 6.04 Å². The molecule has 1 fully saturated rings. The number of carbonyl (C=O) groups is 1. The molecule has 0 aromatic heterocycles. The second-order valence-electron chi connectivity index (χ2n) is 7.21. The zero-order chi connectivity index (χ0) is 20.9. The van der Waals surface area contributed by atoms with E-state index in [2.05, 4.69) is 12.2 Å². The van der Waals surface area contributed by atoms with Crippen molar-refractivity contribution in [1.82, 2.24) is 4.31 Å². The fourth-order valence-electron chi connectivity index (χ4n) is 3.31. The van der Waals surface area contributed by atoms with E-state index in [1.165, 1.54) is 10.4 Å². The molecule has 3 N–H and O–H groups in total. The topological polar surface area (TPSA) is 92.3 Å². The molecule has 3 rings (SSSR count). The number of anilines is 1. The van der Waals surface area contributed by atoms with Gasteiger partial charge in [-0.25, -0.2) is 8.42 Å². The molecule has 0 aliphatic carbocycles. The summed E-state index contributed by atoms with van der Waals surface area (Å²) in [7, 11) is -3.60. The quantitative estimate of drug-likeness (QED) is 0.710. The van der Waals surface area contributed by atoms with Gasteiger partial charge in [-0.15, -0.1) is 0 Å². The maximum Gasteiger partial charge on any atom is 0.282 e. The fraction of sp³-hybridized carbons (Fsp3) is 0.381. The molecule has 2 aromatic rings. The number of benzene rings is 2. The summed E-state index contributed by atoms with van der Waals surface area (Å²) in [5, 5.41) is 4.82. The summed E-state index contributed by atoms with van der Waals surface area (Å²) in [4.78, 5) is 12.8. The van der Waals surface area contributed by atoms with Crippen LogP contribution in [0.2, 0.25) is 0 Å². The Bertz CT molecular complexity index is 928. The predicted molar refractivity (Wildman–Crippen MR) is 111 cm³/mol. The van der Waals surface area contributed by atoms with Crippen molar-refractivity contribution in [3.63, 3.8) is 0 Å². The van der Waals surface area contributed by atoms with Crippen LogP contribution < -0.4 is 10.6 Å². The molecule has 1 heterocycles. The maximum absolute atomic E-state index is 12.8. The highest BCUT2D eigenvalue weighted by atomic mass is 32.2. The summed E-state index contributed by atoms with van der Waals surface area (Å²) in [6, 6.07) is 16.2. The van der Waals surface area contributed by atoms with Crippen LogP contribution in [0, 0.1) is 0 Å². The van der Waals surface area contributed by atoms with Gasteiger partial charge in [-0.3, -0.25) is 4.79 Å². The molecule has 29 heavy (non-hydrogen) atoms. The first-order valence-corrected chi connectivity index (χ1v) is 11.2. The third-order valence-corrected chi connectivity index (χ3v) is 6.92. The Morgan fingerprint density at radius 3 is 2.45 bits per heavy atom. The lowest BCUT2D eigenvalue weighted by Gasteiger charge is -2.26. The number of hydrogen-bond donors (Lipinski definition) is 2. The van der Waals surface area contributed by atoms with E-state index >= 15 is 0 Å². The number of amides is 1. The molecule has 1 aliphatic heterocycles. The largest absolute Gasteiger partial charge is 0.379 e. The minimum absolute atomic E-state index is 0.130. The van der Waals surface area contributed by atoms with Gasteiger partial charge < -0.3 is 15.4 Å². The average molecular weight is 419 g/mol. The number of morpholine rings is 1. The van der Waals surface area contributed by atoms with Gasteiger partial charge in [-0.05, 0) is 32.0 Å². The van der Waals surface area contributed by atoms with Gasteiger partial charge in [0.25, 0.3) is 5.91 Å². The van der Waals surface area contributed by atoms with Crippen LogP contribution in [0.4, 0.5) is 5.69 Å². The Morgan fingerprint density at radius 1 is 1.07 bits per heavy atom. The second-order valence-corrected chi connectivity index (χ2v) is 9.15. The van der Waals surface area contributed by atoms with Crippen molar-refractivity contribution in [2.45, 2.75) is 30.8 Å².